The van der Waals surface area contributed by atoms with Crippen molar-refractivity contribution < 1.29 is 40.3 Å². The van der Waals surface area contributed by atoms with Crippen LogP contribution in [0.25, 0.3) is 0 Å². The lowest BCUT2D eigenvalue weighted by Crippen LogP contribution is -2.36. The van der Waals surface area contributed by atoms with Crippen LogP contribution < -0.4 is 0 Å². The van der Waals surface area contributed by atoms with Crippen molar-refractivity contribution in [2.24, 2.45) is 5.41 Å². The second kappa shape index (κ2) is 5.10. The predicted octanol–water partition coefficient (Wildman–Crippen LogP) is 4.68. The highest BCUT2D eigenvalue weighted by Gasteiger charge is 2.55. The molecule has 2 nitrogen and oxygen atoms in total. The molecular weight excluding hydrogens is 345 g/mol. The first-order valence-electron chi connectivity index (χ1n) is 7.11. The van der Waals surface area contributed by atoms with E-state index in [1.54, 1.807) is 0 Å². The summed E-state index contributed by atoms with van der Waals surface area (Å²) in [4.78, 5) is 11.2. The zero-order valence-corrected chi connectivity index (χ0v) is 12.2. The molecule has 1 fully saturated rings. The summed E-state index contributed by atoms with van der Waals surface area (Å²) in [5, 5.41) is 0. The highest BCUT2D eigenvalue weighted by atomic mass is 19.4. The number of benzene rings is 1. The molecule has 0 aromatic heterocycles. The molecule has 132 valence electrons. The van der Waals surface area contributed by atoms with Crippen LogP contribution in [0, 0.1) is 28.7 Å². The number of halogens is 7. The van der Waals surface area contributed by atoms with Crippen molar-refractivity contribution in [3.05, 3.63) is 34.4 Å². The summed E-state index contributed by atoms with van der Waals surface area (Å²) < 4.78 is 97.3. The topological polar surface area (TPSA) is 26.3 Å². The number of esters is 1. The fraction of sp³-hybridized carbons (Fsp3) is 0.533. The molecule has 3 atom stereocenters. The standard InChI is InChI=1S/C15H11F7O2/c1-14-3-2-5(4-14)6-7(9(17)11(19)10(18)8(6)16)12(14)24-13(23)15(20,21)22/h5,12H,2-4H2,1H3. The maximum Gasteiger partial charge on any atom is 0.490 e. The smallest absolute Gasteiger partial charge is 0.450 e. The van der Waals surface area contributed by atoms with Gasteiger partial charge in [0.25, 0.3) is 0 Å². The number of carbonyl (C=O) groups is 1. The highest BCUT2D eigenvalue weighted by molar-refractivity contribution is 5.76. The molecule has 0 heterocycles. The van der Waals surface area contributed by atoms with E-state index in [2.05, 4.69) is 4.74 Å². The van der Waals surface area contributed by atoms with E-state index in [-0.39, 0.29) is 19.3 Å². The largest absolute Gasteiger partial charge is 0.490 e. The first-order chi connectivity index (χ1) is 11.0. The molecule has 0 spiro atoms. The summed E-state index contributed by atoms with van der Waals surface area (Å²) in [5.74, 6) is -10.9. The second-order valence-corrected chi connectivity index (χ2v) is 6.46. The zero-order valence-electron chi connectivity index (χ0n) is 12.2. The van der Waals surface area contributed by atoms with Gasteiger partial charge in [-0.25, -0.2) is 22.4 Å². The predicted molar refractivity (Wildman–Crippen MR) is 65.9 cm³/mol. The molecule has 2 bridgehead atoms. The third-order valence-electron chi connectivity index (χ3n) is 4.88. The van der Waals surface area contributed by atoms with Crippen LogP contribution in [-0.2, 0) is 9.53 Å². The van der Waals surface area contributed by atoms with Crippen LogP contribution in [0.1, 0.15) is 49.3 Å². The molecule has 0 amide bonds. The first kappa shape index (κ1) is 17.0. The lowest BCUT2D eigenvalue weighted by molar-refractivity contribution is -0.211. The van der Waals surface area contributed by atoms with Crippen molar-refractivity contribution in [1.29, 1.82) is 0 Å². The van der Waals surface area contributed by atoms with E-state index in [1.807, 2.05) is 0 Å². The maximum atomic E-state index is 14.2. The number of alkyl halides is 3. The van der Waals surface area contributed by atoms with E-state index in [9.17, 15) is 35.5 Å². The average molecular weight is 356 g/mol. The Morgan fingerprint density at radius 3 is 2.12 bits per heavy atom. The number of hydrogen-bond donors (Lipinski definition) is 0. The van der Waals surface area contributed by atoms with Crippen molar-refractivity contribution in [3.8, 4) is 0 Å². The van der Waals surface area contributed by atoms with Crippen LogP contribution in [0.2, 0.25) is 0 Å². The number of rotatable bonds is 1. The van der Waals surface area contributed by atoms with Crippen molar-refractivity contribution >= 4 is 5.97 Å². The van der Waals surface area contributed by atoms with Crippen molar-refractivity contribution in [1.82, 2.24) is 0 Å². The van der Waals surface area contributed by atoms with Crippen LogP contribution in [0.15, 0.2) is 0 Å². The molecule has 0 radical (unpaired) electrons. The Morgan fingerprint density at radius 2 is 1.58 bits per heavy atom. The molecule has 1 saturated carbocycles. The minimum atomic E-state index is -5.35. The SMILES string of the molecule is CC12CCC(C1)c1c(F)c(F)c(F)c(F)c1C2OC(=O)C(F)(F)F. The van der Waals surface area contributed by atoms with Gasteiger partial charge in [-0.2, -0.15) is 13.2 Å². The Labute approximate surface area is 131 Å². The number of ether oxygens (including phenoxy) is 1. The molecule has 1 aromatic carbocycles. The lowest BCUT2D eigenvalue weighted by atomic mass is 9.71. The van der Waals surface area contributed by atoms with Gasteiger partial charge in [-0.1, -0.05) is 6.92 Å². The van der Waals surface area contributed by atoms with Crippen LogP contribution in [0.3, 0.4) is 0 Å². The first-order valence-corrected chi connectivity index (χ1v) is 7.11. The second-order valence-electron chi connectivity index (χ2n) is 6.46. The Balaban J connectivity index is 2.19. The minimum Gasteiger partial charge on any atom is -0.450 e. The van der Waals surface area contributed by atoms with Gasteiger partial charge in [-0.3, -0.25) is 0 Å². The van der Waals surface area contributed by atoms with Gasteiger partial charge in [0, 0.05) is 16.5 Å². The monoisotopic (exact) mass is 356 g/mol. The summed E-state index contributed by atoms with van der Waals surface area (Å²) in [5.41, 5.74) is -2.49. The molecule has 0 N–H and O–H groups in total. The van der Waals surface area contributed by atoms with E-state index in [1.165, 1.54) is 6.92 Å². The molecule has 1 aromatic rings. The molecule has 3 unspecified atom stereocenters. The summed E-state index contributed by atoms with van der Waals surface area (Å²) in [6.07, 6.45) is -6.67. The highest BCUT2D eigenvalue weighted by Crippen LogP contribution is 2.61. The van der Waals surface area contributed by atoms with Gasteiger partial charge < -0.3 is 4.74 Å². The van der Waals surface area contributed by atoms with Gasteiger partial charge in [0.15, 0.2) is 23.3 Å². The summed E-state index contributed by atoms with van der Waals surface area (Å²) in [6.45, 7) is 1.45. The number of fused-ring (bicyclic) bond motifs is 4. The number of hydrogen-bond acceptors (Lipinski definition) is 2. The van der Waals surface area contributed by atoms with Gasteiger partial charge in [0.1, 0.15) is 6.10 Å². The van der Waals surface area contributed by atoms with Crippen molar-refractivity contribution in [2.75, 3.05) is 0 Å². The Bertz CT molecular complexity index is 728. The molecule has 24 heavy (non-hydrogen) atoms. The molecule has 2 aliphatic carbocycles. The average Bonchev–Trinajstić information content (AvgIpc) is 2.83. The lowest BCUT2D eigenvalue weighted by Gasteiger charge is -2.39. The maximum absolute atomic E-state index is 14.2. The molecule has 0 aliphatic heterocycles. The van der Waals surface area contributed by atoms with Crippen LogP contribution in [0.5, 0.6) is 0 Å². The summed E-state index contributed by atoms with van der Waals surface area (Å²) >= 11 is 0. The zero-order chi connectivity index (χ0) is 18.0. The van der Waals surface area contributed by atoms with E-state index in [4.69, 9.17) is 0 Å². The fourth-order valence-electron chi connectivity index (χ4n) is 3.80. The molecule has 3 rings (SSSR count). The van der Waals surface area contributed by atoms with Crippen LogP contribution >= 0.6 is 0 Å². The van der Waals surface area contributed by atoms with Crippen molar-refractivity contribution in [3.63, 3.8) is 0 Å². The van der Waals surface area contributed by atoms with Gasteiger partial charge in [-0.15, -0.1) is 0 Å². The van der Waals surface area contributed by atoms with Crippen LogP contribution in [0.4, 0.5) is 30.7 Å². The molecular formula is C15H11F7O2. The number of carbonyl (C=O) groups excluding carboxylic acids is 1. The summed E-state index contributed by atoms with van der Waals surface area (Å²) in [7, 11) is 0. The quantitative estimate of drug-likeness (QED) is 0.316. The van der Waals surface area contributed by atoms with Gasteiger partial charge >= 0.3 is 12.1 Å². The van der Waals surface area contributed by atoms with Crippen LogP contribution in [-0.4, -0.2) is 12.1 Å². The Kier molecular flexibility index (Phi) is 3.62. The van der Waals surface area contributed by atoms with Gasteiger partial charge in [0.05, 0.1) is 0 Å². The Morgan fingerprint density at radius 1 is 1.04 bits per heavy atom. The van der Waals surface area contributed by atoms with E-state index in [0.29, 0.717) is 0 Å². The molecule has 9 heteroatoms. The normalized spacial score (nSPS) is 28.7. The molecule has 2 aliphatic rings. The minimum absolute atomic E-state index is 0.0806. The summed E-state index contributed by atoms with van der Waals surface area (Å²) in [6, 6.07) is 0. The van der Waals surface area contributed by atoms with E-state index in [0.717, 1.165) is 0 Å². The van der Waals surface area contributed by atoms with Crippen molar-refractivity contribution in [2.45, 2.75) is 44.4 Å². The van der Waals surface area contributed by atoms with Gasteiger partial charge in [0.2, 0.25) is 0 Å². The van der Waals surface area contributed by atoms with E-state index >= 15 is 0 Å². The Hall–Kier alpha value is -1.80. The van der Waals surface area contributed by atoms with E-state index < -0.39 is 64.0 Å². The third kappa shape index (κ3) is 2.28. The molecule has 0 saturated heterocycles. The van der Waals surface area contributed by atoms with Gasteiger partial charge in [-0.05, 0) is 25.2 Å². The fourth-order valence-corrected chi connectivity index (χ4v) is 3.80. The third-order valence-corrected chi connectivity index (χ3v) is 4.88.